The number of aromatic nitrogens is 2. The highest BCUT2D eigenvalue weighted by Gasteiger charge is 2.20. The van der Waals surface area contributed by atoms with Crippen LogP contribution in [0.15, 0.2) is 4.79 Å². The summed E-state index contributed by atoms with van der Waals surface area (Å²) in [6.45, 7) is 4.72. The zero-order valence-electron chi connectivity index (χ0n) is 10.6. The van der Waals surface area contributed by atoms with E-state index in [9.17, 15) is 4.79 Å². The van der Waals surface area contributed by atoms with Gasteiger partial charge in [-0.25, -0.2) is 4.98 Å². The van der Waals surface area contributed by atoms with Crippen molar-refractivity contribution in [1.29, 1.82) is 0 Å². The molecule has 0 spiro atoms. The van der Waals surface area contributed by atoms with E-state index in [1.807, 2.05) is 6.92 Å². The molecule has 1 aromatic rings. The first-order valence-electron chi connectivity index (χ1n) is 6.49. The molecule has 0 saturated heterocycles. The van der Waals surface area contributed by atoms with E-state index in [0.717, 1.165) is 43.4 Å². The maximum Gasteiger partial charge on any atom is 0.254 e. The first kappa shape index (κ1) is 12.3. The first-order chi connectivity index (χ1) is 8.26. The molecule has 4 nitrogen and oxygen atoms in total. The van der Waals surface area contributed by atoms with Gasteiger partial charge in [0, 0.05) is 12.2 Å². The summed E-state index contributed by atoms with van der Waals surface area (Å²) < 4.78 is 5.65. The van der Waals surface area contributed by atoms with Gasteiger partial charge in [-0.1, -0.05) is 13.3 Å². The smallest absolute Gasteiger partial charge is 0.254 e. The van der Waals surface area contributed by atoms with Gasteiger partial charge in [-0.15, -0.1) is 0 Å². The number of H-pyrrole nitrogens is 1. The first-order valence-corrected chi connectivity index (χ1v) is 6.49. The van der Waals surface area contributed by atoms with Crippen molar-refractivity contribution in [2.75, 3.05) is 6.61 Å². The van der Waals surface area contributed by atoms with E-state index < -0.39 is 0 Å². The molecule has 0 amide bonds. The Morgan fingerprint density at radius 3 is 2.94 bits per heavy atom. The Bertz CT molecular complexity index is 434. The van der Waals surface area contributed by atoms with E-state index in [4.69, 9.17) is 4.74 Å². The van der Waals surface area contributed by atoms with E-state index in [1.54, 1.807) is 0 Å². The summed E-state index contributed by atoms with van der Waals surface area (Å²) in [5.74, 6) is 0.708. The lowest BCUT2D eigenvalue weighted by atomic mass is 10.2. The summed E-state index contributed by atoms with van der Waals surface area (Å²) in [6.07, 6.45) is 4.69. The van der Waals surface area contributed by atoms with Crippen LogP contribution in [0.3, 0.4) is 0 Å². The highest BCUT2D eigenvalue weighted by molar-refractivity contribution is 5.23. The van der Waals surface area contributed by atoms with Gasteiger partial charge < -0.3 is 9.72 Å². The lowest BCUT2D eigenvalue weighted by Crippen LogP contribution is -2.20. The minimum Gasteiger partial charge on any atom is -0.371 e. The Hall–Kier alpha value is -1.16. The van der Waals surface area contributed by atoms with Gasteiger partial charge in [0.15, 0.2) is 0 Å². The topological polar surface area (TPSA) is 55.0 Å². The Morgan fingerprint density at radius 1 is 1.41 bits per heavy atom. The standard InChI is InChI=1S/C13H20N2O2/c1-3-6-11(17-4-2)12-14-10-8-5-7-9(10)13(16)15-12/h11H,3-8H2,1-2H3,(H,14,15,16). The SMILES string of the molecule is CCCC(OCC)c1nc2c(c(=O)[nH]1)CCC2. The van der Waals surface area contributed by atoms with Crippen LogP contribution in [0.1, 0.15) is 56.3 Å². The summed E-state index contributed by atoms with van der Waals surface area (Å²) in [4.78, 5) is 19.4. The summed E-state index contributed by atoms with van der Waals surface area (Å²) in [7, 11) is 0. The highest BCUT2D eigenvalue weighted by Crippen LogP contribution is 2.22. The molecule has 94 valence electrons. The zero-order chi connectivity index (χ0) is 12.3. The van der Waals surface area contributed by atoms with Crippen LogP contribution >= 0.6 is 0 Å². The Balaban J connectivity index is 2.31. The summed E-state index contributed by atoms with van der Waals surface area (Å²) >= 11 is 0. The van der Waals surface area contributed by atoms with Crippen LogP contribution < -0.4 is 5.56 Å². The number of aryl methyl sites for hydroxylation is 1. The molecule has 2 rings (SSSR count). The summed E-state index contributed by atoms with van der Waals surface area (Å²) in [6, 6.07) is 0. The Labute approximate surface area is 101 Å². The van der Waals surface area contributed by atoms with Crippen LogP contribution in [0.25, 0.3) is 0 Å². The summed E-state index contributed by atoms with van der Waals surface area (Å²) in [5, 5.41) is 0. The van der Waals surface area contributed by atoms with Crippen molar-refractivity contribution in [1.82, 2.24) is 9.97 Å². The molecule has 0 aliphatic heterocycles. The van der Waals surface area contributed by atoms with Gasteiger partial charge in [0.05, 0.1) is 5.69 Å². The number of nitrogens with one attached hydrogen (secondary N) is 1. The van der Waals surface area contributed by atoms with Gasteiger partial charge in [0.25, 0.3) is 5.56 Å². The van der Waals surface area contributed by atoms with Crippen molar-refractivity contribution in [2.45, 2.75) is 52.1 Å². The quantitative estimate of drug-likeness (QED) is 0.852. The molecule has 0 saturated carbocycles. The molecule has 1 aliphatic rings. The molecule has 1 unspecified atom stereocenters. The zero-order valence-corrected chi connectivity index (χ0v) is 10.6. The van der Waals surface area contributed by atoms with Crippen molar-refractivity contribution in [3.8, 4) is 0 Å². The molecule has 17 heavy (non-hydrogen) atoms. The lowest BCUT2D eigenvalue weighted by molar-refractivity contribution is 0.0490. The average molecular weight is 236 g/mol. The Kier molecular flexibility index (Phi) is 3.94. The fourth-order valence-electron chi connectivity index (χ4n) is 2.38. The van der Waals surface area contributed by atoms with Crippen molar-refractivity contribution in [2.24, 2.45) is 0 Å². The van der Waals surface area contributed by atoms with Gasteiger partial charge in [-0.3, -0.25) is 4.79 Å². The van der Waals surface area contributed by atoms with E-state index in [-0.39, 0.29) is 11.7 Å². The molecule has 0 fully saturated rings. The van der Waals surface area contributed by atoms with Crippen molar-refractivity contribution < 1.29 is 4.74 Å². The minimum atomic E-state index is -0.0661. The van der Waals surface area contributed by atoms with Crippen LogP contribution in [0.4, 0.5) is 0 Å². The van der Waals surface area contributed by atoms with Crippen LogP contribution in [-0.2, 0) is 17.6 Å². The molecule has 1 aliphatic carbocycles. The average Bonchev–Trinajstić information content (AvgIpc) is 2.77. The van der Waals surface area contributed by atoms with Crippen molar-refractivity contribution >= 4 is 0 Å². The largest absolute Gasteiger partial charge is 0.371 e. The van der Waals surface area contributed by atoms with Crippen LogP contribution in [0.5, 0.6) is 0 Å². The maximum absolute atomic E-state index is 11.9. The van der Waals surface area contributed by atoms with Gasteiger partial charge in [0.2, 0.25) is 0 Å². The molecule has 0 radical (unpaired) electrons. The normalized spacial score (nSPS) is 15.9. The number of fused-ring (bicyclic) bond motifs is 1. The number of nitrogens with zero attached hydrogens (tertiary/aromatic N) is 1. The molecule has 1 heterocycles. The molecular weight excluding hydrogens is 216 g/mol. The van der Waals surface area contributed by atoms with Gasteiger partial charge >= 0.3 is 0 Å². The second-order valence-corrected chi connectivity index (χ2v) is 4.46. The van der Waals surface area contributed by atoms with Gasteiger partial charge in [0.1, 0.15) is 11.9 Å². The van der Waals surface area contributed by atoms with Crippen LogP contribution in [0.2, 0.25) is 0 Å². The monoisotopic (exact) mass is 236 g/mol. The van der Waals surface area contributed by atoms with E-state index in [0.29, 0.717) is 12.4 Å². The molecule has 0 aromatic carbocycles. The predicted octanol–water partition coefficient (Wildman–Crippen LogP) is 2.14. The number of aromatic amines is 1. The molecular formula is C13H20N2O2. The molecule has 1 atom stereocenters. The van der Waals surface area contributed by atoms with Crippen molar-refractivity contribution in [3.63, 3.8) is 0 Å². The molecule has 0 bridgehead atoms. The van der Waals surface area contributed by atoms with E-state index >= 15 is 0 Å². The van der Waals surface area contributed by atoms with Crippen LogP contribution in [0, 0.1) is 0 Å². The van der Waals surface area contributed by atoms with Crippen molar-refractivity contribution in [3.05, 3.63) is 27.4 Å². The number of hydrogen-bond donors (Lipinski definition) is 1. The second kappa shape index (κ2) is 5.45. The van der Waals surface area contributed by atoms with E-state index in [1.165, 1.54) is 0 Å². The van der Waals surface area contributed by atoms with Crippen LogP contribution in [-0.4, -0.2) is 16.6 Å². The molecule has 1 aromatic heterocycles. The fraction of sp³-hybridized carbons (Fsp3) is 0.692. The number of rotatable bonds is 5. The third-order valence-electron chi connectivity index (χ3n) is 3.18. The maximum atomic E-state index is 11.9. The van der Waals surface area contributed by atoms with Gasteiger partial charge in [-0.05, 0) is 32.6 Å². The van der Waals surface area contributed by atoms with E-state index in [2.05, 4.69) is 16.9 Å². The van der Waals surface area contributed by atoms with Gasteiger partial charge in [-0.2, -0.15) is 0 Å². The summed E-state index contributed by atoms with van der Waals surface area (Å²) in [5.41, 5.74) is 1.88. The molecule has 1 N–H and O–H groups in total. The third-order valence-corrected chi connectivity index (χ3v) is 3.18. The number of ether oxygens (including phenoxy) is 1. The third kappa shape index (κ3) is 2.57. The lowest BCUT2D eigenvalue weighted by Gasteiger charge is -2.16. The molecule has 4 heteroatoms. The predicted molar refractivity (Wildman–Crippen MR) is 66.2 cm³/mol. The second-order valence-electron chi connectivity index (χ2n) is 4.46. The highest BCUT2D eigenvalue weighted by atomic mass is 16.5. The minimum absolute atomic E-state index is 0.0308. The fourth-order valence-corrected chi connectivity index (χ4v) is 2.38. The number of hydrogen-bond acceptors (Lipinski definition) is 3. The Morgan fingerprint density at radius 2 is 2.24 bits per heavy atom.